The van der Waals surface area contributed by atoms with Gasteiger partial charge in [0.15, 0.2) is 11.9 Å². The van der Waals surface area contributed by atoms with E-state index in [1.807, 2.05) is 30.3 Å². The van der Waals surface area contributed by atoms with Gasteiger partial charge in [-0.3, -0.25) is 19.2 Å². The van der Waals surface area contributed by atoms with Gasteiger partial charge in [-0.1, -0.05) is 73.8 Å². The molecule has 0 bridgehead atoms. The van der Waals surface area contributed by atoms with E-state index in [2.05, 4.69) is 26.3 Å². The number of cyclic esters (lactones) is 1. The van der Waals surface area contributed by atoms with Gasteiger partial charge in [0.05, 0.1) is 12.3 Å². The van der Waals surface area contributed by atoms with Crippen LogP contribution in [0, 0.1) is 0 Å². The minimum atomic E-state index is -3.72. The molecule has 14 heteroatoms. The second-order valence-electron chi connectivity index (χ2n) is 11.4. The van der Waals surface area contributed by atoms with Crippen molar-refractivity contribution in [3.63, 3.8) is 0 Å². The summed E-state index contributed by atoms with van der Waals surface area (Å²) >= 11 is 0. The Hall–Kier alpha value is -4.95. The predicted molar refractivity (Wildman–Crippen MR) is 177 cm³/mol. The number of rotatable bonds is 17. The van der Waals surface area contributed by atoms with Crippen LogP contribution in [0.4, 0.5) is 10.5 Å². The van der Waals surface area contributed by atoms with Crippen LogP contribution in [-0.4, -0.2) is 61.7 Å². The largest absolute Gasteiger partial charge is 0.490 e. The molecule has 1 fully saturated rings. The highest BCUT2D eigenvalue weighted by molar-refractivity contribution is 7.89. The van der Waals surface area contributed by atoms with Gasteiger partial charge in [0.2, 0.25) is 10.0 Å². The third-order valence-corrected chi connectivity index (χ3v) is 9.13. The maximum Gasteiger partial charge on any atom is 0.439 e. The standard InChI is InChI=1S/C34H38N4O9S/c1-2-3-4-8-19-48(42,43)37-30(32(39)45-22-25-9-6-5-7-10-25)20-24-11-17-28(18-12-24)44-23-29-21-38(34(41)46-29)27-15-13-26(14-16-27)31-35-33(40)47-36-31/h5-7,9-18,29-30,37H,2-4,8,19-23H2,1H3,(H,35,36,40). The number of hydrogen-bond acceptors (Lipinski definition) is 10. The zero-order chi connectivity index (χ0) is 33.9. The summed E-state index contributed by atoms with van der Waals surface area (Å²) in [4.78, 5) is 40.8. The molecule has 2 unspecified atom stereocenters. The molecule has 254 valence electrons. The number of anilines is 1. The number of carbonyl (C=O) groups excluding carboxylic acids is 2. The van der Waals surface area contributed by atoms with Crippen molar-refractivity contribution in [1.29, 1.82) is 0 Å². The lowest BCUT2D eigenvalue weighted by Gasteiger charge is -2.18. The van der Waals surface area contributed by atoms with Gasteiger partial charge < -0.3 is 14.2 Å². The third kappa shape index (κ3) is 9.78. The summed E-state index contributed by atoms with van der Waals surface area (Å²) in [5.74, 6) is -0.591. The van der Waals surface area contributed by atoms with Crippen LogP contribution < -0.4 is 20.1 Å². The molecule has 1 amide bonds. The first-order valence-corrected chi connectivity index (χ1v) is 17.4. The number of esters is 1. The number of sulfonamides is 1. The Labute approximate surface area is 278 Å². The number of unbranched alkanes of at least 4 members (excludes halogenated alkanes) is 3. The number of benzene rings is 3. The number of nitrogens with zero attached hydrogens (tertiary/aromatic N) is 2. The first kappa shape index (κ1) is 34.4. The van der Waals surface area contributed by atoms with Crippen LogP contribution in [0.5, 0.6) is 5.75 Å². The molecule has 48 heavy (non-hydrogen) atoms. The number of H-pyrrole nitrogens is 1. The molecule has 0 aliphatic carbocycles. The summed E-state index contributed by atoms with van der Waals surface area (Å²) in [6.07, 6.45) is 2.27. The van der Waals surface area contributed by atoms with Gasteiger partial charge in [0.25, 0.3) is 0 Å². The van der Waals surface area contributed by atoms with Crippen molar-refractivity contribution in [3.05, 3.63) is 101 Å². The van der Waals surface area contributed by atoms with E-state index in [0.717, 1.165) is 24.8 Å². The van der Waals surface area contributed by atoms with Crippen LogP contribution >= 0.6 is 0 Å². The van der Waals surface area contributed by atoms with Crippen LogP contribution in [0.15, 0.2) is 88.2 Å². The first-order chi connectivity index (χ1) is 23.2. The molecule has 2 atom stereocenters. The minimum Gasteiger partial charge on any atom is -0.490 e. The number of hydrogen-bond donors (Lipinski definition) is 2. The number of aromatic nitrogens is 2. The fourth-order valence-corrected chi connectivity index (χ4v) is 6.43. The molecule has 5 rings (SSSR count). The predicted octanol–water partition coefficient (Wildman–Crippen LogP) is 4.59. The molecule has 1 saturated heterocycles. The van der Waals surface area contributed by atoms with Gasteiger partial charge in [0.1, 0.15) is 25.0 Å². The molecule has 1 aromatic heterocycles. The second-order valence-corrected chi connectivity index (χ2v) is 13.3. The molecule has 2 heterocycles. The second kappa shape index (κ2) is 16.2. The van der Waals surface area contributed by atoms with E-state index in [-0.39, 0.29) is 37.8 Å². The zero-order valence-corrected chi connectivity index (χ0v) is 27.3. The molecule has 0 spiro atoms. The summed E-state index contributed by atoms with van der Waals surface area (Å²) in [5.41, 5.74) is 2.73. The van der Waals surface area contributed by atoms with Crippen molar-refractivity contribution in [2.24, 2.45) is 0 Å². The number of aromatic amines is 1. The molecule has 1 aliphatic heterocycles. The Morgan fingerprint density at radius 3 is 2.44 bits per heavy atom. The van der Waals surface area contributed by atoms with Crippen LogP contribution in [-0.2, 0) is 37.3 Å². The van der Waals surface area contributed by atoms with Gasteiger partial charge >= 0.3 is 17.8 Å². The topological polar surface area (TPSA) is 170 Å². The van der Waals surface area contributed by atoms with Gasteiger partial charge in [0, 0.05) is 11.3 Å². The summed E-state index contributed by atoms with van der Waals surface area (Å²) in [7, 11) is -3.72. The molecule has 13 nitrogen and oxygen atoms in total. The van der Waals surface area contributed by atoms with Gasteiger partial charge in [-0.05, 0) is 60.4 Å². The van der Waals surface area contributed by atoms with Gasteiger partial charge in [-0.15, -0.1) is 0 Å². The minimum absolute atomic E-state index is 0.0283. The fraction of sp³-hybridized carbons (Fsp3) is 0.353. The number of ether oxygens (including phenoxy) is 3. The van der Waals surface area contributed by atoms with E-state index in [1.54, 1.807) is 48.5 Å². The normalized spacial score (nSPS) is 15.2. The third-order valence-electron chi connectivity index (χ3n) is 7.66. The molecule has 0 radical (unpaired) electrons. The lowest BCUT2D eigenvalue weighted by Crippen LogP contribution is -2.44. The van der Waals surface area contributed by atoms with E-state index in [9.17, 15) is 22.8 Å². The van der Waals surface area contributed by atoms with Crippen molar-refractivity contribution >= 4 is 27.8 Å². The fourth-order valence-electron chi connectivity index (χ4n) is 5.12. The smallest absolute Gasteiger partial charge is 0.439 e. The molecular formula is C34H38N4O9S. The van der Waals surface area contributed by atoms with E-state index in [1.165, 1.54) is 4.90 Å². The van der Waals surface area contributed by atoms with E-state index in [0.29, 0.717) is 29.0 Å². The Balaban J connectivity index is 1.15. The zero-order valence-electron chi connectivity index (χ0n) is 26.5. The summed E-state index contributed by atoms with van der Waals surface area (Å²) in [5, 5.41) is 3.65. The Morgan fingerprint density at radius 1 is 1.00 bits per heavy atom. The monoisotopic (exact) mass is 678 g/mol. The molecule has 2 N–H and O–H groups in total. The Morgan fingerprint density at radius 2 is 1.75 bits per heavy atom. The summed E-state index contributed by atoms with van der Waals surface area (Å²) < 4.78 is 49.7. The van der Waals surface area contributed by atoms with Gasteiger partial charge in [-0.25, -0.2) is 22.7 Å². The van der Waals surface area contributed by atoms with Crippen LogP contribution in [0.1, 0.15) is 43.7 Å². The van der Waals surface area contributed by atoms with E-state index >= 15 is 0 Å². The maximum atomic E-state index is 13.1. The number of amides is 1. The van der Waals surface area contributed by atoms with Gasteiger partial charge in [-0.2, -0.15) is 0 Å². The van der Waals surface area contributed by atoms with Crippen molar-refractivity contribution in [2.45, 2.75) is 57.8 Å². The average molecular weight is 679 g/mol. The lowest BCUT2D eigenvalue weighted by atomic mass is 10.1. The highest BCUT2D eigenvalue weighted by Crippen LogP contribution is 2.25. The van der Waals surface area contributed by atoms with E-state index < -0.39 is 40.0 Å². The van der Waals surface area contributed by atoms with Crippen molar-refractivity contribution < 1.29 is 36.7 Å². The quantitative estimate of drug-likeness (QED) is 0.119. The van der Waals surface area contributed by atoms with Crippen molar-refractivity contribution in [2.75, 3.05) is 23.8 Å². The number of nitrogens with one attached hydrogen (secondary N) is 2. The molecular weight excluding hydrogens is 640 g/mol. The van der Waals surface area contributed by atoms with Crippen molar-refractivity contribution in [1.82, 2.24) is 14.9 Å². The highest BCUT2D eigenvalue weighted by Gasteiger charge is 2.33. The van der Waals surface area contributed by atoms with Crippen LogP contribution in [0.3, 0.4) is 0 Å². The maximum absolute atomic E-state index is 13.1. The highest BCUT2D eigenvalue weighted by atomic mass is 32.2. The van der Waals surface area contributed by atoms with Crippen molar-refractivity contribution in [3.8, 4) is 17.1 Å². The molecule has 4 aromatic rings. The molecule has 0 saturated carbocycles. The molecule has 1 aliphatic rings. The first-order valence-electron chi connectivity index (χ1n) is 15.8. The van der Waals surface area contributed by atoms with E-state index in [4.69, 9.17) is 14.2 Å². The number of carbonyl (C=O) groups is 2. The van der Waals surface area contributed by atoms with Crippen LogP contribution in [0.2, 0.25) is 0 Å². The summed E-state index contributed by atoms with van der Waals surface area (Å²) in [6, 6.07) is 21.8. The Kier molecular flexibility index (Phi) is 11.6. The van der Waals surface area contributed by atoms with Crippen LogP contribution in [0.25, 0.3) is 11.4 Å². The lowest BCUT2D eigenvalue weighted by molar-refractivity contribution is -0.147. The SMILES string of the molecule is CCCCCCS(=O)(=O)NC(Cc1ccc(OCC2CN(c3ccc(-c4noc(=O)[nH]4)cc3)C(=O)O2)cc1)C(=O)OCc1ccccc1. The Bertz CT molecular complexity index is 1810. The molecule has 3 aromatic carbocycles. The summed E-state index contributed by atoms with van der Waals surface area (Å²) in [6.45, 7) is 2.45. The average Bonchev–Trinajstić information content (AvgIpc) is 3.70.